The van der Waals surface area contributed by atoms with Gasteiger partial charge in [-0.3, -0.25) is 13.8 Å². The number of ether oxygens (including phenoxy) is 1. The highest BCUT2D eigenvalue weighted by Crippen LogP contribution is 2.13. The summed E-state index contributed by atoms with van der Waals surface area (Å²) in [6.07, 6.45) is 0. The van der Waals surface area contributed by atoms with Gasteiger partial charge in [0, 0.05) is 24.0 Å². The molecule has 0 aliphatic heterocycles. The van der Waals surface area contributed by atoms with Crippen LogP contribution in [0.2, 0.25) is 0 Å². The van der Waals surface area contributed by atoms with Crippen molar-refractivity contribution in [2.24, 2.45) is 0 Å². The second-order valence-corrected chi connectivity index (χ2v) is 6.23. The molecule has 0 radical (unpaired) electrons. The van der Waals surface area contributed by atoms with Crippen molar-refractivity contribution in [3.63, 3.8) is 0 Å². The molecule has 0 saturated carbocycles. The molecule has 2 N–H and O–H groups in total. The lowest BCUT2D eigenvalue weighted by Crippen LogP contribution is -2.44. The average Bonchev–Trinajstić information content (AvgIpc) is 2.16. The summed E-state index contributed by atoms with van der Waals surface area (Å²) in [6.45, 7) is 4.75. The minimum Gasteiger partial charge on any atom is -0.480 e. The fourth-order valence-electron chi connectivity index (χ4n) is 1.01. The quantitative estimate of drug-likeness (QED) is 0.662. The third-order valence-electron chi connectivity index (χ3n) is 2.17. The Bertz CT molecular complexity index is 316. The lowest BCUT2D eigenvalue weighted by Gasteiger charge is -2.19. The van der Waals surface area contributed by atoms with Crippen LogP contribution in [0.1, 0.15) is 20.8 Å². The number of hydrogen-bond acceptors (Lipinski definition) is 4. The van der Waals surface area contributed by atoms with Crippen molar-refractivity contribution < 1.29 is 23.6 Å². The summed E-state index contributed by atoms with van der Waals surface area (Å²) in [4.78, 5) is 22.3. The Kier molecular flexibility index (Phi) is 6.33. The highest BCUT2D eigenvalue weighted by Gasteiger charge is 2.35. The fourth-order valence-corrected chi connectivity index (χ4v) is 1.88. The first-order valence-corrected chi connectivity index (χ1v) is 6.44. The second kappa shape index (κ2) is 6.70. The van der Waals surface area contributed by atoms with Gasteiger partial charge in [-0.1, -0.05) is 0 Å². The topological polar surface area (TPSA) is 92.7 Å². The van der Waals surface area contributed by atoms with E-state index in [9.17, 15) is 13.8 Å². The molecule has 0 fully saturated rings. The third kappa shape index (κ3) is 5.27. The Morgan fingerprint density at radius 3 is 2.41 bits per heavy atom. The summed E-state index contributed by atoms with van der Waals surface area (Å²) >= 11 is 0. The SMILES string of the molecule is COCC(C)NC(=O)CS(=O)C(C)(C)C(=O)O. The smallest absolute Gasteiger partial charge is 0.321 e. The number of methoxy groups -OCH3 is 1. The first-order chi connectivity index (χ1) is 7.71. The van der Waals surface area contributed by atoms with Crippen molar-refractivity contribution in [1.29, 1.82) is 0 Å². The summed E-state index contributed by atoms with van der Waals surface area (Å²) in [5.41, 5.74) is 0. The molecule has 2 unspecified atom stereocenters. The molecule has 6 nitrogen and oxygen atoms in total. The van der Waals surface area contributed by atoms with E-state index < -0.39 is 27.4 Å². The molecule has 0 bridgehead atoms. The Labute approximate surface area is 103 Å². The predicted molar refractivity (Wildman–Crippen MR) is 64.2 cm³/mol. The van der Waals surface area contributed by atoms with Crippen LogP contribution in [0.3, 0.4) is 0 Å². The number of aliphatic carboxylic acids is 1. The van der Waals surface area contributed by atoms with Gasteiger partial charge in [0.2, 0.25) is 5.91 Å². The van der Waals surface area contributed by atoms with Crippen LogP contribution in [0.5, 0.6) is 0 Å². The molecule has 0 aromatic rings. The first-order valence-electron chi connectivity index (χ1n) is 5.12. The molecule has 0 saturated heterocycles. The van der Waals surface area contributed by atoms with Crippen molar-refractivity contribution in [3.8, 4) is 0 Å². The zero-order chi connectivity index (χ0) is 13.6. The van der Waals surface area contributed by atoms with Crippen molar-refractivity contribution in [1.82, 2.24) is 5.32 Å². The number of carbonyl (C=O) groups excluding carboxylic acids is 1. The second-order valence-electron chi connectivity index (χ2n) is 4.23. The van der Waals surface area contributed by atoms with Crippen LogP contribution in [0, 0.1) is 0 Å². The summed E-state index contributed by atoms with van der Waals surface area (Å²) in [5, 5.41) is 11.4. The summed E-state index contributed by atoms with van der Waals surface area (Å²) in [5.74, 6) is -1.95. The van der Waals surface area contributed by atoms with E-state index in [2.05, 4.69) is 5.32 Å². The lowest BCUT2D eigenvalue weighted by atomic mass is 10.2. The van der Waals surface area contributed by atoms with Gasteiger partial charge in [0.05, 0.1) is 6.61 Å². The Morgan fingerprint density at radius 2 is 2.00 bits per heavy atom. The number of nitrogens with one attached hydrogen (secondary N) is 1. The largest absolute Gasteiger partial charge is 0.480 e. The Hall–Kier alpha value is -0.950. The molecule has 0 heterocycles. The molecular formula is C10H19NO5S. The van der Waals surface area contributed by atoms with Crippen LogP contribution in [-0.2, 0) is 25.1 Å². The lowest BCUT2D eigenvalue weighted by molar-refractivity contribution is -0.139. The number of rotatable bonds is 7. The maximum Gasteiger partial charge on any atom is 0.321 e. The number of hydrogen-bond donors (Lipinski definition) is 2. The van der Waals surface area contributed by atoms with Crippen LogP contribution in [0.25, 0.3) is 0 Å². The van der Waals surface area contributed by atoms with Gasteiger partial charge in [-0.15, -0.1) is 0 Å². The maximum absolute atomic E-state index is 11.7. The summed E-state index contributed by atoms with van der Waals surface area (Å²) in [6, 6.07) is -0.197. The third-order valence-corrected chi connectivity index (χ3v) is 4.01. The van der Waals surface area contributed by atoms with Gasteiger partial charge in [-0.25, -0.2) is 0 Å². The van der Waals surface area contributed by atoms with Gasteiger partial charge >= 0.3 is 5.97 Å². The molecule has 0 aromatic heterocycles. The van der Waals surface area contributed by atoms with Crippen molar-refractivity contribution in [2.75, 3.05) is 19.5 Å². The predicted octanol–water partition coefficient (Wildman–Crippen LogP) is -0.251. The van der Waals surface area contributed by atoms with E-state index in [1.165, 1.54) is 21.0 Å². The van der Waals surface area contributed by atoms with Gasteiger partial charge in [0.25, 0.3) is 0 Å². The van der Waals surface area contributed by atoms with Gasteiger partial charge in [0.1, 0.15) is 10.5 Å². The normalized spacial score (nSPS) is 15.1. The van der Waals surface area contributed by atoms with Gasteiger partial charge in [-0.05, 0) is 20.8 Å². The standard InChI is InChI=1S/C10H19NO5S/c1-7(5-16-4)11-8(12)6-17(15)10(2,3)9(13)14/h7H,5-6H2,1-4H3,(H,11,12)(H,13,14). The van der Waals surface area contributed by atoms with Crippen molar-refractivity contribution in [3.05, 3.63) is 0 Å². The molecule has 0 aliphatic rings. The van der Waals surface area contributed by atoms with Crippen molar-refractivity contribution >= 4 is 22.7 Å². The molecule has 0 aromatic carbocycles. The van der Waals surface area contributed by atoms with Crippen LogP contribution in [0.15, 0.2) is 0 Å². The minimum atomic E-state index is -1.76. The zero-order valence-electron chi connectivity index (χ0n) is 10.5. The van der Waals surface area contributed by atoms with Gasteiger partial charge < -0.3 is 15.2 Å². The average molecular weight is 265 g/mol. The van der Waals surface area contributed by atoms with Gasteiger partial charge in [-0.2, -0.15) is 0 Å². The molecule has 2 atom stereocenters. The fraction of sp³-hybridized carbons (Fsp3) is 0.800. The maximum atomic E-state index is 11.7. The monoisotopic (exact) mass is 265 g/mol. The molecule has 0 rings (SSSR count). The molecule has 1 amide bonds. The highest BCUT2D eigenvalue weighted by molar-refractivity contribution is 7.87. The van der Waals surface area contributed by atoms with Crippen LogP contribution < -0.4 is 5.32 Å². The Morgan fingerprint density at radius 1 is 1.47 bits per heavy atom. The molecule has 0 spiro atoms. The van der Waals surface area contributed by atoms with E-state index in [-0.39, 0.29) is 11.8 Å². The molecule has 7 heteroatoms. The summed E-state index contributed by atoms with van der Waals surface area (Å²) < 4.78 is 15.1. The highest BCUT2D eigenvalue weighted by atomic mass is 32.2. The van der Waals surface area contributed by atoms with E-state index in [0.717, 1.165) is 0 Å². The number of amides is 1. The van der Waals surface area contributed by atoms with Crippen molar-refractivity contribution in [2.45, 2.75) is 31.6 Å². The van der Waals surface area contributed by atoms with E-state index in [1.807, 2.05) is 0 Å². The van der Waals surface area contributed by atoms with Crippen LogP contribution >= 0.6 is 0 Å². The first kappa shape index (κ1) is 16.1. The van der Waals surface area contributed by atoms with Crippen LogP contribution in [0.4, 0.5) is 0 Å². The minimum absolute atomic E-state index is 0.197. The molecular weight excluding hydrogens is 246 g/mol. The van der Waals surface area contributed by atoms with E-state index in [0.29, 0.717) is 6.61 Å². The summed E-state index contributed by atoms with van der Waals surface area (Å²) in [7, 11) is -0.255. The van der Waals surface area contributed by atoms with Crippen LogP contribution in [-0.4, -0.2) is 51.5 Å². The number of carboxylic acids is 1. The molecule has 100 valence electrons. The molecule has 0 aliphatic carbocycles. The molecule has 17 heavy (non-hydrogen) atoms. The van der Waals surface area contributed by atoms with E-state index in [1.54, 1.807) is 6.92 Å². The van der Waals surface area contributed by atoms with E-state index in [4.69, 9.17) is 9.84 Å². The zero-order valence-corrected chi connectivity index (χ0v) is 11.3. The number of carbonyl (C=O) groups is 2. The number of carboxylic acid groups (broad SMARTS) is 1. The van der Waals surface area contributed by atoms with E-state index >= 15 is 0 Å². The van der Waals surface area contributed by atoms with Gasteiger partial charge in [0.15, 0.2) is 0 Å². The Balaban J connectivity index is 4.31.